The summed E-state index contributed by atoms with van der Waals surface area (Å²) in [7, 11) is -3.25. The average Bonchev–Trinajstić information content (AvgIpc) is 2.40. The highest BCUT2D eigenvalue weighted by Crippen LogP contribution is 2.22. The molecule has 0 bridgehead atoms. The van der Waals surface area contributed by atoms with E-state index < -0.39 is 15.1 Å². The minimum absolute atomic E-state index is 0.307. The van der Waals surface area contributed by atoms with Gasteiger partial charge in [-0.3, -0.25) is 0 Å². The van der Waals surface area contributed by atoms with Crippen LogP contribution in [-0.4, -0.2) is 26.9 Å². The van der Waals surface area contributed by atoms with Crippen LogP contribution in [0, 0.1) is 0 Å². The third kappa shape index (κ3) is 2.68. The van der Waals surface area contributed by atoms with Gasteiger partial charge in [-0.2, -0.15) is 0 Å². The first-order valence-corrected chi connectivity index (χ1v) is 7.30. The van der Waals surface area contributed by atoms with Crippen molar-refractivity contribution in [3.05, 3.63) is 29.8 Å². The Morgan fingerprint density at radius 2 is 2.00 bits per heavy atom. The van der Waals surface area contributed by atoms with Crippen LogP contribution < -0.4 is 5.73 Å². The molecule has 1 aliphatic rings. The summed E-state index contributed by atoms with van der Waals surface area (Å²) in [5, 5.41) is -0.403. The highest BCUT2D eigenvalue weighted by molar-refractivity contribution is 7.92. The highest BCUT2D eigenvalue weighted by atomic mass is 32.2. The summed E-state index contributed by atoms with van der Waals surface area (Å²) in [5.74, 6) is 0. The van der Waals surface area contributed by atoms with Gasteiger partial charge in [0, 0.05) is 13.2 Å². The Kier molecular flexibility index (Phi) is 3.81. The lowest BCUT2D eigenvalue weighted by molar-refractivity contribution is 0.0991. The van der Waals surface area contributed by atoms with Gasteiger partial charge in [0.2, 0.25) is 0 Å². The second-order valence-electron chi connectivity index (χ2n) is 4.23. The lowest BCUT2D eigenvalue weighted by atomic mass is 10.2. The van der Waals surface area contributed by atoms with Gasteiger partial charge in [-0.15, -0.1) is 0 Å². The van der Waals surface area contributed by atoms with Crippen LogP contribution in [0.2, 0.25) is 0 Å². The molecule has 1 saturated heterocycles. The molecule has 2 N–H and O–H groups in total. The average molecular weight is 255 g/mol. The normalized spacial score (nSPS) is 21.4. The molecule has 0 saturated carbocycles. The minimum atomic E-state index is -3.25. The van der Waals surface area contributed by atoms with Gasteiger partial charge in [0.05, 0.1) is 16.8 Å². The molecule has 1 aromatic carbocycles. The summed E-state index contributed by atoms with van der Waals surface area (Å²) in [4.78, 5) is 0.366. The molecule has 1 heterocycles. The molecule has 1 aromatic rings. The summed E-state index contributed by atoms with van der Waals surface area (Å²) in [6.45, 7) is 1.39. The summed E-state index contributed by atoms with van der Waals surface area (Å²) >= 11 is 0. The molecule has 1 fully saturated rings. The third-order valence-electron chi connectivity index (χ3n) is 3.04. The Labute approximate surface area is 102 Å². The summed E-state index contributed by atoms with van der Waals surface area (Å²) in [5.41, 5.74) is 6.42. The van der Waals surface area contributed by atoms with E-state index >= 15 is 0 Å². The highest BCUT2D eigenvalue weighted by Gasteiger charge is 2.29. The molecule has 1 atom stereocenters. The Hall–Kier alpha value is -0.910. The Bertz CT molecular complexity index is 461. The maximum absolute atomic E-state index is 12.3. The lowest BCUT2D eigenvalue weighted by Crippen LogP contribution is -2.30. The number of nitrogens with two attached hydrogens (primary N) is 1. The van der Waals surface area contributed by atoms with Crippen molar-refractivity contribution in [2.45, 2.75) is 29.5 Å². The number of sulfone groups is 1. The van der Waals surface area contributed by atoms with Gasteiger partial charge in [-0.25, -0.2) is 8.42 Å². The maximum Gasteiger partial charge on any atom is 0.183 e. The Morgan fingerprint density at radius 1 is 1.29 bits per heavy atom. The molecule has 4 nitrogen and oxygen atoms in total. The number of hydrogen-bond acceptors (Lipinski definition) is 4. The Morgan fingerprint density at radius 3 is 2.53 bits per heavy atom. The van der Waals surface area contributed by atoms with E-state index in [2.05, 4.69) is 0 Å². The van der Waals surface area contributed by atoms with Crippen LogP contribution in [0.4, 0.5) is 0 Å². The molecule has 0 amide bonds. The van der Waals surface area contributed by atoms with Crippen molar-refractivity contribution in [1.82, 2.24) is 0 Å². The monoisotopic (exact) mass is 255 g/mol. The van der Waals surface area contributed by atoms with E-state index in [9.17, 15) is 8.42 Å². The SMILES string of the molecule is NCc1ccc(S(=O)(=O)C2CCCOC2)cc1. The standard InChI is InChI=1S/C12H17NO3S/c13-8-10-3-5-11(6-4-10)17(14,15)12-2-1-7-16-9-12/h3-6,12H,1-2,7-9,13H2. The van der Waals surface area contributed by atoms with Crippen LogP contribution in [0.25, 0.3) is 0 Å². The fourth-order valence-electron chi connectivity index (χ4n) is 1.96. The van der Waals surface area contributed by atoms with E-state index in [-0.39, 0.29) is 0 Å². The molecule has 17 heavy (non-hydrogen) atoms. The molecule has 0 radical (unpaired) electrons. The van der Waals surface area contributed by atoms with Crippen LogP contribution in [0.5, 0.6) is 0 Å². The lowest BCUT2D eigenvalue weighted by Gasteiger charge is -2.22. The molecule has 0 aromatic heterocycles. The molecule has 94 valence electrons. The molecule has 0 aliphatic carbocycles. The molecule has 0 spiro atoms. The molecular formula is C12H17NO3S. The van der Waals surface area contributed by atoms with E-state index in [4.69, 9.17) is 10.5 Å². The van der Waals surface area contributed by atoms with Crippen molar-refractivity contribution in [3.8, 4) is 0 Å². The molecule has 1 aliphatic heterocycles. The zero-order chi connectivity index (χ0) is 12.3. The largest absolute Gasteiger partial charge is 0.380 e. The number of hydrogen-bond donors (Lipinski definition) is 1. The van der Waals surface area contributed by atoms with Crippen molar-refractivity contribution in [1.29, 1.82) is 0 Å². The van der Waals surface area contributed by atoms with E-state index in [0.717, 1.165) is 12.0 Å². The smallest absolute Gasteiger partial charge is 0.183 e. The van der Waals surface area contributed by atoms with Gasteiger partial charge < -0.3 is 10.5 Å². The van der Waals surface area contributed by atoms with Crippen LogP contribution in [-0.2, 0) is 21.1 Å². The van der Waals surface area contributed by atoms with Gasteiger partial charge in [0.15, 0.2) is 9.84 Å². The van der Waals surface area contributed by atoms with Crippen molar-refractivity contribution >= 4 is 9.84 Å². The number of ether oxygens (including phenoxy) is 1. The first-order valence-electron chi connectivity index (χ1n) is 5.75. The molecule has 1 unspecified atom stereocenters. The minimum Gasteiger partial charge on any atom is -0.380 e. The van der Waals surface area contributed by atoms with Crippen LogP contribution in [0.15, 0.2) is 29.2 Å². The zero-order valence-corrected chi connectivity index (χ0v) is 10.4. The maximum atomic E-state index is 12.3. The fraction of sp³-hybridized carbons (Fsp3) is 0.500. The van der Waals surface area contributed by atoms with Crippen LogP contribution >= 0.6 is 0 Å². The number of rotatable bonds is 3. The second-order valence-corrected chi connectivity index (χ2v) is 6.46. The molecule has 5 heteroatoms. The van der Waals surface area contributed by atoms with Gasteiger partial charge in [0.25, 0.3) is 0 Å². The van der Waals surface area contributed by atoms with Gasteiger partial charge in [0.1, 0.15) is 0 Å². The predicted molar refractivity (Wildman–Crippen MR) is 65.4 cm³/mol. The Balaban J connectivity index is 2.23. The first kappa shape index (κ1) is 12.5. The van der Waals surface area contributed by atoms with Crippen molar-refractivity contribution in [3.63, 3.8) is 0 Å². The number of benzene rings is 1. The molecular weight excluding hydrogens is 238 g/mol. The summed E-state index contributed by atoms with van der Waals surface area (Å²) in [6.07, 6.45) is 1.49. The topological polar surface area (TPSA) is 69.4 Å². The van der Waals surface area contributed by atoms with Crippen LogP contribution in [0.3, 0.4) is 0 Å². The van der Waals surface area contributed by atoms with E-state index in [1.807, 2.05) is 0 Å². The van der Waals surface area contributed by atoms with E-state index in [1.54, 1.807) is 24.3 Å². The summed E-state index contributed by atoms with van der Waals surface area (Å²) in [6, 6.07) is 6.78. The van der Waals surface area contributed by atoms with E-state index in [1.165, 1.54) is 0 Å². The van der Waals surface area contributed by atoms with Gasteiger partial charge in [-0.1, -0.05) is 12.1 Å². The van der Waals surface area contributed by atoms with E-state index in [0.29, 0.717) is 31.1 Å². The van der Waals surface area contributed by atoms with Crippen molar-refractivity contribution in [2.24, 2.45) is 5.73 Å². The van der Waals surface area contributed by atoms with Crippen molar-refractivity contribution < 1.29 is 13.2 Å². The zero-order valence-electron chi connectivity index (χ0n) is 9.63. The predicted octanol–water partition coefficient (Wildman–Crippen LogP) is 1.10. The quantitative estimate of drug-likeness (QED) is 0.878. The summed E-state index contributed by atoms with van der Waals surface area (Å²) < 4.78 is 29.8. The molecule has 2 rings (SSSR count). The van der Waals surface area contributed by atoms with Crippen LogP contribution in [0.1, 0.15) is 18.4 Å². The fourth-order valence-corrected chi connectivity index (χ4v) is 3.62. The third-order valence-corrected chi connectivity index (χ3v) is 5.22. The van der Waals surface area contributed by atoms with Gasteiger partial charge in [-0.05, 0) is 30.5 Å². The van der Waals surface area contributed by atoms with Gasteiger partial charge >= 0.3 is 0 Å². The van der Waals surface area contributed by atoms with Crippen molar-refractivity contribution in [2.75, 3.05) is 13.2 Å². The first-order chi connectivity index (χ1) is 8.14. The second kappa shape index (κ2) is 5.16.